The number of pyridine rings is 1. The molecule has 7 heterocycles. The number of anilines is 1. The Balaban J connectivity index is 0.542. The van der Waals surface area contributed by atoms with E-state index < -0.39 is 46.8 Å². The van der Waals surface area contributed by atoms with Gasteiger partial charge >= 0.3 is 5.97 Å². The fraction of sp³-hybridized carbons (Fsp3) is 0.477. The minimum atomic E-state index is -1.31. The Morgan fingerprint density at radius 2 is 1.32 bits per heavy atom. The fourth-order valence-electron chi connectivity index (χ4n) is 10.4. The van der Waals surface area contributed by atoms with Crippen molar-refractivity contribution in [1.82, 2.24) is 69.7 Å². The van der Waals surface area contributed by atoms with Crippen LogP contribution in [0.2, 0.25) is 0 Å². The SMILES string of the molecule is COc1cnc(-n2cnc(C(=O)NCc3cc(NCCN4CCN(CCOCCOCCOCCOCc5cn(CCOCCOCCOCCOCCC(=O)Oc6c(F)cc(F)cc6F)nn5)CC4)ncn3)n2)c2[nH]cc(C(=O)C(=O)N3CCC(=C(C#N)c4ccccc4)CC3)c12. The summed E-state index contributed by atoms with van der Waals surface area (Å²) in [5, 5.41) is 29.0. The van der Waals surface area contributed by atoms with Gasteiger partial charge in [-0.1, -0.05) is 35.5 Å². The quantitative estimate of drug-likeness (QED) is 0.0121. The monoisotopic (exact) mass is 1360 g/mol. The number of ether oxygens (including phenoxy) is 10. The molecule has 0 aliphatic carbocycles. The number of likely N-dealkylation sites (tertiary alicyclic amines) is 1. The van der Waals surface area contributed by atoms with Gasteiger partial charge in [0, 0.05) is 83.3 Å². The number of methoxy groups -OCH3 is 1. The topological polar surface area (TPSA) is 334 Å². The summed E-state index contributed by atoms with van der Waals surface area (Å²) in [6.07, 6.45) is 8.07. The summed E-state index contributed by atoms with van der Waals surface area (Å²) in [4.78, 5) is 79.3. The van der Waals surface area contributed by atoms with Crippen molar-refractivity contribution in [3.8, 4) is 23.4 Å². The number of Topliss-reactive ketones (excluding diaryl/α,β-unsaturated/α-hetero) is 1. The molecular weight excluding hydrogens is 1290 g/mol. The van der Waals surface area contributed by atoms with Gasteiger partial charge in [-0.15, -0.1) is 10.2 Å². The molecule has 30 nitrogen and oxygen atoms in total. The highest BCUT2D eigenvalue weighted by molar-refractivity contribution is 6.45. The molecule has 524 valence electrons. The Morgan fingerprint density at radius 3 is 1.97 bits per heavy atom. The predicted molar refractivity (Wildman–Crippen MR) is 343 cm³/mol. The molecular formula is C65H79F3N16O14. The van der Waals surface area contributed by atoms with Crippen molar-refractivity contribution >= 4 is 45.9 Å². The third-order valence-corrected chi connectivity index (χ3v) is 15.5. The molecule has 2 saturated heterocycles. The lowest BCUT2D eigenvalue weighted by atomic mass is 9.93. The first-order valence-corrected chi connectivity index (χ1v) is 32.1. The number of aromatic nitrogens is 10. The van der Waals surface area contributed by atoms with E-state index in [-0.39, 0.29) is 68.8 Å². The zero-order valence-corrected chi connectivity index (χ0v) is 54.4. The van der Waals surface area contributed by atoms with Gasteiger partial charge in [-0.05, 0) is 24.0 Å². The normalized spacial score (nSPS) is 13.6. The molecule has 98 heavy (non-hydrogen) atoms. The van der Waals surface area contributed by atoms with Crippen molar-refractivity contribution in [3.05, 3.63) is 131 Å². The average Bonchev–Trinajstić information content (AvgIpc) is 1.60. The molecule has 33 heteroatoms. The van der Waals surface area contributed by atoms with Crippen LogP contribution in [0.1, 0.15) is 57.2 Å². The standard InChI is InChI=1S/C65H79F3N16O14/c1-89-55-41-72-63(59-58(55)52(40-71-59)60(86)65(88)82-11-7-47(8-12-82)51(38-69)46-5-3-2-4-6-46)84-45-76-62(78-84)64(87)73-39-49-37-56(75-44-74-49)70-10-13-80-14-16-81(17-15-80)18-21-91-24-27-94-31-32-96-33-34-97-43-50-42-83(79-77-50)19-22-92-25-28-95-30-29-93-26-23-90-20-9-57(85)98-61-53(67)35-48(66)36-54(61)68/h2-6,35-37,40-42,44-45,71H,7-34,39,43H2,1H3,(H,73,87)(H,70,74,75). The number of esters is 1. The van der Waals surface area contributed by atoms with Gasteiger partial charge in [-0.3, -0.25) is 29.0 Å². The maximum Gasteiger partial charge on any atom is 0.313 e. The van der Waals surface area contributed by atoms with E-state index in [1.54, 1.807) is 16.9 Å². The Hall–Kier alpha value is -9.21. The number of rotatable bonds is 42. The molecule has 2 fully saturated rings. The third kappa shape index (κ3) is 22.4. The molecule has 0 atom stereocenters. The smallest absolute Gasteiger partial charge is 0.313 e. The molecule has 0 saturated carbocycles. The van der Waals surface area contributed by atoms with E-state index in [9.17, 15) is 37.6 Å². The van der Waals surface area contributed by atoms with Crippen molar-refractivity contribution in [2.75, 3.05) is 170 Å². The van der Waals surface area contributed by atoms with E-state index in [1.165, 1.54) is 41.7 Å². The van der Waals surface area contributed by atoms with Gasteiger partial charge in [-0.25, -0.2) is 37.8 Å². The van der Waals surface area contributed by atoms with Crippen molar-refractivity contribution in [2.24, 2.45) is 0 Å². The Labute approximate surface area is 562 Å². The zero-order chi connectivity index (χ0) is 68.7. The van der Waals surface area contributed by atoms with Crippen molar-refractivity contribution in [3.63, 3.8) is 0 Å². The molecule has 2 amide bonds. The number of nitrogens with zero attached hydrogens (tertiary/aromatic N) is 13. The van der Waals surface area contributed by atoms with E-state index in [4.69, 9.17) is 42.6 Å². The number of benzene rings is 2. The van der Waals surface area contributed by atoms with Crippen LogP contribution < -0.4 is 20.1 Å². The number of amides is 2. The molecule has 0 spiro atoms. The summed E-state index contributed by atoms with van der Waals surface area (Å²) < 4.78 is 97.9. The third-order valence-electron chi connectivity index (χ3n) is 15.5. The summed E-state index contributed by atoms with van der Waals surface area (Å²) in [7, 11) is 1.43. The lowest BCUT2D eigenvalue weighted by Crippen LogP contribution is -2.48. The number of carbonyl (C=O) groups is 4. The lowest BCUT2D eigenvalue weighted by Gasteiger charge is -2.34. The number of nitrogens with one attached hydrogen (secondary N) is 3. The number of allylic oxidation sites excluding steroid dienone is 1. The summed E-state index contributed by atoms with van der Waals surface area (Å²) in [6.45, 7) is 12.9. The van der Waals surface area contributed by atoms with Crippen LogP contribution in [-0.2, 0) is 67.2 Å². The van der Waals surface area contributed by atoms with E-state index in [0.29, 0.717) is 158 Å². The van der Waals surface area contributed by atoms with Crippen LogP contribution in [0.3, 0.4) is 0 Å². The summed E-state index contributed by atoms with van der Waals surface area (Å²) in [5.74, 6) is -6.63. The number of carbonyl (C=O) groups excluding carboxylic acids is 4. The maximum absolute atomic E-state index is 13.8. The number of hydrogen-bond donors (Lipinski definition) is 3. The van der Waals surface area contributed by atoms with Gasteiger partial charge in [0.05, 0.1) is 179 Å². The zero-order valence-electron chi connectivity index (χ0n) is 54.4. The molecule has 2 aliphatic rings. The average molecular weight is 1370 g/mol. The predicted octanol–water partition coefficient (Wildman–Crippen LogP) is 4.02. The molecule has 3 N–H and O–H groups in total. The highest BCUT2D eigenvalue weighted by Crippen LogP contribution is 2.33. The van der Waals surface area contributed by atoms with E-state index >= 15 is 0 Å². The van der Waals surface area contributed by atoms with Crippen LogP contribution in [0.5, 0.6) is 11.5 Å². The molecule has 2 aromatic carbocycles. The first-order valence-electron chi connectivity index (χ1n) is 32.1. The van der Waals surface area contributed by atoms with Crippen LogP contribution >= 0.6 is 0 Å². The summed E-state index contributed by atoms with van der Waals surface area (Å²) in [6, 6.07) is 14.3. The van der Waals surface area contributed by atoms with Crippen LogP contribution in [0.25, 0.3) is 22.3 Å². The molecule has 0 radical (unpaired) electrons. The Bertz CT molecular complexity index is 3740. The second-order valence-corrected chi connectivity index (χ2v) is 22.1. The number of aromatic amines is 1. The maximum atomic E-state index is 13.8. The lowest BCUT2D eigenvalue weighted by molar-refractivity contribution is -0.136. The van der Waals surface area contributed by atoms with Gasteiger partial charge < -0.3 is 67.9 Å². The van der Waals surface area contributed by atoms with Gasteiger partial charge in [-0.2, -0.15) is 9.94 Å². The molecule has 0 bridgehead atoms. The number of piperidine rings is 1. The number of ketones is 1. The second-order valence-electron chi connectivity index (χ2n) is 22.1. The van der Waals surface area contributed by atoms with Crippen molar-refractivity contribution in [1.29, 1.82) is 5.26 Å². The first kappa shape index (κ1) is 73.0. The van der Waals surface area contributed by atoms with Gasteiger partial charge in [0.15, 0.2) is 17.5 Å². The summed E-state index contributed by atoms with van der Waals surface area (Å²) in [5.41, 5.74) is 4.04. The van der Waals surface area contributed by atoms with E-state index in [2.05, 4.69) is 71.6 Å². The molecule has 7 aromatic rings. The summed E-state index contributed by atoms with van der Waals surface area (Å²) >= 11 is 0. The van der Waals surface area contributed by atoms with Crippen LogP contribution in [0.4, 0.5) is 19.0 Å². The Kier molecular flexibility index (Phi) is 29.3. The molecule has 5 aromatic heterocycles. The minimum Gasteiger partial charge on any atom is -0.494 e. The molecule has 2 aliphatic heterocycles. The van der Waals surface area contributed by atoms with Crippen molar-refractivity contribution < 1.29 is 79.7 Å². The fourth-order valence-corrected chi connectivity index (χ4v) is 10.4. The number of piperazine rings is 1. The van der Waals surface area contributed by atoms with Crippen LogP contribution in [0.15, 0.2) is 85.3 Å². The number of fused-ring (bicyclic) bond motifs is 1. The molecule has 9 rings (SSSR count). The highest BCUT2D eigenvalue weighted by Gasteiger charge is 2.31. The number of halogens is 3. The van der Waals surface area contributed by atoms with Crippen LogP contribution in [0, 0.1) is 28.8 Å². The number of H-pyrrole nitrogens is 1. The van der Waals surface area contributed by atoms with E-state index in [0.717, 1.165) is 50.4 Å². The number of nitriles is 1. The number of hydrogen-bond acceptors (Lipinski definition) is 25. The second kappa shape index (κ2) is 39.3. The highest BCUT2D eigenvalue weighted by atomic mass is 19.1. The first-order chi connectivity index (χ1) is 47.9. The minimum absolute atomic E-state index is 0.0548. The van der Waals surface area contributed by atoms with E-state index in [1.807, 2.05) is 30.3 Å². The Morgan fingerprint density at radius 1 is 0.694 bits per heavy atom. The van der Waals surface area contributed by atoms with Gasteiger partial charge in [0.25, 0.3) is 17.6 Å². The van der Waals surface area contributed by atoms with Gasteiger partial charge in [0.2, 0.25) is 11.6 Å². The largest absolute Gasteiger partial charge is 0.494 e. The van der Waals surface area contributed by atoms with Gasteiger partial charge in [0.1, 0.15) is 35.7 Å². The molecule has 0 unspecified atom stereocenters. The van der Waals surface area contributed by atoms with Crippen LogP contribution in [-0.4, -0.2) is 253 Å². The van der Waals surface area contributed by atoms with Crippen molar-refractivity contribution in [2.45, 2.75) is 39.0 Å².